The maximum Gasteiger partial charge on any atom is 0.273 e. The Hall–Kier alpha value is -2.78. The van der Waals surface area contributed by atoms with Crippen molar-refractivity contribution in [3.63, 3.8) is 0 Å². The lowest BCUT2D eigenvalue weighted by molar-refractivity contribution is 0.0860. The van der Waals surface area contributed by atoms with Crippen LogP contribution in [0.5, 0.6) is 0 Å². The van der Waals surface area contributed by atoms with Gasteiger partial charge in [-0.15, -0.1) is 5.10 Å². The first-order valence-corrected chi connectivity index (χ1v) is 7.98. The molecule has 1 aliphatic heterocycles. The van der Waals surface area contributed by atoms with Crippen molar-refractivity contribution >= 4 is 5.91 Å². The molecule has 0 unspecified atom stereocenters. The minimum absolute atomic E-state index is 0.235. The minimum Gasteiger partial charge on any atom is -0.332 e. The summed E-state index contributed by atoms with van der Waals surface area (Å²) in [6.45, 7) is 2.40. The van der Waals surface area contributed by atoms with E-state index in [1.165, 1.54) is 11.8 Å². The first-order chi connectivity index (χ1) is 11.7. The van der Waals surface area contributed by atoms with Gasteiger partial charge in [-0.05, 0) is 30.5 Å². The van der Waals surface area contributed by atoms with Gasteiger partial charge in [0.15, 0.2) is 5.69 Å². The van der Waals surface area contributed by atoms with Crippen LogP contribution in [0.1, 0.15) is 28.9 Å². The van der Waals surface area contributed by atoms with E-state index in [1.54, 1.807) is 12.1 Å². The molecular weight excluding hydrogens is 302 g/mol. The zero-order valence-corrected chi connectivity index (χ0v) is 13.4. The van der Waals surface area contributed by atoms with Gasteiger partial charge in [-0.1, -0.05) is 30.3 Å². The van der Waals surface area contributed by atoms with Crippen molar-refractivity contribution < 1.29 is 4.79 Å². The van der Waals surface area contributed by atoms with Crippen LogP contribution in [0.25, 0.3) is 0 Å². The first kappa shape index (κ1) is 16.1. The van der Waals surface area contributed by atoms with Gasteiger partial charge in [-0.2, -0.15) is 10.4 Å². The summed E-state index contributed by atoms with van der Waals surface area (Å²) in [5.74, 6) is -0.346. The largest absolute Gasteiger partial charge is 0.332 e. The molecule has 1 fully saturated rings. The number of piperidine rings is 1. The van der Waals surface area contributed by atoms with Gasteiger partial charge in [0.1, 0.15) is 5.54 Å². The summed E-state index contributed by atoms with van der Waals surface area (Å²) in [6.07, 6.45) is 2.71. The number of carbonyl (C=O) groups is 1. The zero-order chi connectivity index (χ0) is 16.8. The molecule has 1 N–H and O–H groups in total. The lowest BCUT2D eigenvalue weighted by atomic mass is 9.88. The summed E-state index contributed by atoms with van der Waals surface area (Å²) >= 11 is 0. The molecule has 6 heteroatoms. The van der Waals surface area contributed by atoms with Crippen molar-refractivity contribution in [3.8, 4) is 6.07 Å². The van der Waals surface area contributed by atoms with Crippen LogP contribution in [0.2, 0.25) is 0 Å². The Balaban J connectivity index is 1.60. The molecule has 1 aromatic heterocycles. The van der Waals surface area contributed by atoms with Crippen molar-refractivity contribution in [1.29, 1.82) is 5.26 Å². The van der Waals surface area contributed by atoms with Crippen molar-refractivity contribution in [2.45, 2.75) is 24.9 Å². The molecule has 3 rings (SSSR count). The van der Waals surface area contributed by atoms with E-state index >= 15 is 0 Å². The van der Waals surface area contributed by atoms with E-state index in [9.17, 15) is 10.1 Å². The van der Waals surface area contributed by atoms with E-state index in [2.05, 4.69) is 38.6 Å². The molecule has 24 heavy (non-hydrogen) atoms. The van der Waals surface area contributed by atoms with E-state index in [1.807, 2.05) is 18.2 Å². The Labute approximate surface area is 141 Å². The molecule has 2 heterocycles. The number of benzene rings is 1. The van der Waals surface area contributed by atoms with Crippen molar-refractivity contribution in [1.82, 2.24) is 20.4 Å². The standard InChI is InChI=1S/C18H19N5O/c19-14-18(21-17(24)16-7-4-10-20-22-16)8-11-23(12-9-18)13-15-5-2-1-3-6-15/h1-7,10H,8-9,11-13H2,(H,21,24). The number of amides is 1. The Bertz CT molecular complexity index is 718. The molecule has 1 saturated heterocycles. The van der Waals surface area contributed by atoms with Crippen LogP contribution in [0.15, 0.2) is 48.7 Å². The van der Waals surface area contributed by atoms with Gasteiger partial charge in [0.2, 0.25) is 0 Å². The highest BCUT2D eigenvalue weighted by atomic mass is 16.2. The zero-order valence-electron chi connectivity index (χ0n) is 13.4. The van der Waals surface area contributed by atoms with Crippen molar-refractivity contribution in [3.05, 3.63) is 59.9 Å². The topological polar surface area (TPSA) is 81.9 Å². The van der Waals surface area contributed by atoms with E-state index in [4.69, 9.17) is 0 Å². The number of likely N-dealkylation sites (tertiary alicyclic amines) is 1. The third kappa shape index (κ3) is 3.76. The normalized spacial score (nSPS) is 17.0. The average Bonchev–Trinajstić information content (AvgIpc) is 2.65. The van der Waals surface area contributed by atoms with Gasteiger partial charge in [0, 0.05) is 25.8 Å². The molecule has 2 aromatic rings. The molecule has 0 radical (unpaired) electrons. The first-order valence-electron chi connectivity index (χ1n) is 7.98. The number of hydrogen-bond acceptors (Lipinski definition) is 5. The molecule has 0 spiro atoms. The fourth-order valence-corrected chi connectivity index (χ4v) is 2.90. The number of nitrogens with zero attached hydrogens (tertiary/aromatic N) is 4. The molecule has 0 aliphatic carbocycles. The molecule has 0 saturated carbocycles. The van der Waals surface area contributed by atoms with Gasteiger partial charge in [-0.3, -0.25) is 9.69 Å². The second-order valence-corrected chi connectivity index (χ2v) is 6.02. The smallest absolute Gasteiger partial charge is 0.273 e. The van der Waals surface area contributed by atoms with E-state index in [0.717, 1.165) is 19.6 Å². The van der Waals surface area contributed by atoms with Crippen molar-refractivity contribution in [2.24, 2.45) is 0 Å². The Morgan fingerprint density at radius 1 is 1.21 bits per heavy atom. The second-order valence-electron chi connectivity index (χ2n) is 6.02. The van der Waals surface area contributed by atoms with Crippen LogP contribution in [0, 0.1) is 11.3 Å². The third-order valence-electron chi connectivity index (χ3n) is 4.33. The molecule has 6 nitrogen and oxygen atoms in total. The summed E-state index contributed by atoms with van der Waals surface area (Å²) in [5, 5.41) is 20.0. The van der Waals surface area contributed by atoms with Gasteiger partial charge in [0.25, 0.3) is 5.91 Å². The fraction of sp³-hybridized carbons (Fsp3) is 0.333. The maximum absolute atomic E-state index is 12.3. The maximum atomic E-state index is 12.3. The number of hydrogen-bond donors (Lipinski definition) is 1. The number of carbonyl (C=O) groups excluding carboxylic acids is 1. The summed E-state index contributed by atoms with van der Waals surface area (Å²) in [4.78, 5) is 14.6. The predicted octanol–water partition coefficient (Wildman–Crippen LogP) is 1.76. The summed E-state index contributed by atoms with van der Waals surface area (Å²) < 4.78 is 0. The van der Waals surface area contributed by atoms with Crippen LogP contribution >= 0.6 is 0 Å². The lowest BCUT2D eigenvalue weighted by Crippen LogP contribution is -2.54. The highest BCUT2D eigenvalue weighted by Gasteiger charge is 2.36. The SMILES string of the molecule is N#CC1(NC(=O)c2cccnn2)CCN(Cc2ccccc2)CC1. The molecule has 1 aromatic carbocycles. The lowest BCUT2D eigenvalue weighted by Gasteiger charge is -2.37. The quantitative estimate of drug-likeness (QED) is 0.928. The highest BCUT2D eigenvalue weighted by Crippen LogP contribution is 2.23. The number of rotatable bonds is 4. The van der Waals surface area contributed by atoms with Crippen molar-refractivity contribution in [2.75, 3.05) is 13.1 Å². The average molecular weight is 321 g/mol. The van der Waals surface area contributed by atoms with Gasteiger partial charge < -0.3 is 5.32 Å². The Morgan fingerprint density at radius 2 is 1.96 bits per heavy atom. The second kappa shape index (κ2) is 7.20. The summed E-state index contributed by atoms with van der Waals surface area (Å²) in [5.41, 5.74) is 0.659. The molecule has 122 valence electrons. The number of nitrogens with one attached hydrogen (secondary N) is 1. The van der Waals surface area contributed by atoms with Gasteiger partial charge >= 0.3 is 0 Å². The Kier molecular flexibility index (Phi) is 4.82. The van der Waals surface area contributed by atoms with Gasteiger partial charge in [0.05, 0.1) is 6.07 Å². The van der Waals surface area contributed by atoms with E-state index in [0.29, 0.717) is 12.8 Å². The van der Waals surface area contributed by atoms with Crippen LogP contribution in [0.3, 0.4) is 0 Å². The minimum atomic E-state index is -0.832. The van der Waals surface area contributed by atoms with E-state index in [-0.39, 0.29) is 11.6 Å². The fourth-order valence-electron chi connectivity index (χ4n) is 2.90. The monoisotopic (exact) mass is 321 g/mol. The van der Waals surface area contributed by atoms with Crippen LogP contribution in [0.4, 0.5) is 0 Å². The summed E-state index contributed by atoms with van der Waals surface area (Å²) in [6, 6.07) is 15.8. The van der Waals surface area contributed by atoms with E-state index < -0.39 is 5.54 Å². The van der Waals surface area contributed by atoms with Crippen LogP contribution < -0.4 is 5.32 Å². The van der Waals surface area contributed by atoms with Crippen LogP contribution in [-0.2, 0) is 6.54 Å². The molecule has 0 bridgehead atoms. The summed E-state index contributed by atoms with van der Waals surface area (Å²) in [7, 11) is 0. The third-order valence-corrected chi connectivity index (χ3v) is 4.33. The Morgan fingerprint density at radius 3 is 2.58 bits per heavy atom. The molecule has 1 amide bonds. The van der Waals surface area contributed by atoms with Gasteiger partial charge in [-0.25, -0.2) is 0 Å². The molecule has 0 atom stereocenters. The molecule has 1 aliphatic rings. The highest BCUT2D eigenvalue weighted by molar-refractivity contribution is 5.92. The number of aromatic nitrogens is 2. The number of nitriles is 1. The molecular formula is C18H19N5O. The van der Waals surface area contributed by atoms with Crippen LogP contribution in [-0.4, -0.2) is 39.6 Å². The predicted molar refractivity (Wildman–Crippen MR) is 88.8 cm³/mol.